The lowest BCUT2D eigenvalue weighted by atomic mass is 9.94. The van der Waals surface area contributed by atoms with E-state index in [1.807, 2.05) is 0 Å². The Kier molecular flexibility index (Phi) is 9.38. The first-order chi connectivity index (χ1) is 17.0. The van der Waals surface area contributed by atoms with Crippen LogP contribution in [0.1, 0.15) is 12.0 Å². The van der Waals surface area contributed by atoms with Gasteiger partial charge in [0.15, 0.2) is 0 Å². The lowest BCUT2D eigenvalue weighted by molar-refractivity contribution is -0.167. The van der Waals surface area contributed by atoms with Crippen molar-refractivity contribution in [3.63, 3.8) is 0 Å². The molecule has 2 saturated heterocycles. The molecule has 1 aromatic carbocycles. The van der Waals surface area contributed by atoms with Crippen molar-refractivity contribution in [1.29, 1.82) is 0 Å². The zero-order valence-corrected chi connectivity index (χ0v) is 19.3. The summed E-state index contributed by atoms with van der Waals surface area (Å²) in [6.45, 7) is -0.583. The number of aliphatic hydroxyl groups is 6. The lowest BCUT2D eigenvalue weighted by Gasteiger charge is -2.31. The summed E-state index contributed by atoms with van der Waals surface area (Å²) in [6, 6.07) is 6.09. The van der Waals surface area contributed by atoms with Crippen LogP contribution in [0.5, 0.6) is 5.75 Å². The third-order valence-electron chi connectivity index (χ3n) is 6.09. The number of aliphatic hydroxyl groups excluding tert-OH is 6. The second-order valence-electron chi connectivity index (χ2n) is 8.59. The minimum absolute atomic E-state index is 0.264. The van der Waals surface area contributed by atoms with Crippen LogP contribution in [0.15, 0.2) is 29.8 Å². The van der Waals surface area contributed by atoms with Gasteiger partial charge in [-0.3, -0.25) is 0 Å². The molecular formula is C23H30O13. The van der Waals surface area contributed by atoms with Gasteiger partial charge in [-0.2, -0.15) is 0 Å². The monoisotopic (exact) mass is 514 g/mol. The highest BCUT2D eigenvalue weighted by Crippen LogP contribution is 2.27. The number of hydrogen-bond donors (Lipinski definition) is 7. The summed E-state index contributed by atoms with van der Waals surface area (Å²) in [4.78, 5) is 24.6. The average Bonchev–Trinajstić information content (AvgIpc) is 3.37. The molecule has 2 aliphatic rings. The molecule has 9 unspecified atom stereocenters. The Hall–Kier alpha value is -2.62. The molecule has 13 heteroatoms. The molecule has 0 spiro atoms. The molecular weight excluding hydrogens is 484 g/mol. The second-order valence-corrected chi connectivity index (χ2v) is 8.59. The van der Waals surface area contributed by atoms with Crippen LogP contribution in [0.3, 0.4) is 0 Å². The largest absolute Gasteiger partial charge is 0.497 e. The number of hydrogen-bond acceptors (Lipinski definition) is 12. The Bertz CT molecular complexity index is 932. The van der Waals surface area contributed by atoms with E-state index >= 15 is 0 Å². The van der Waals surface area contributed by atoms with E-state index < -0.39 is 78.9 Å². The fourth-order valence-electron chi connectivity index (χ4n) is 4.01. The molecule has 0 amide bonds. The summed E-state index contributed by atoms with van der Waals surface area (Å²) < 4.78 is 20.6. The SMILES string of the molecule is COc1ccc(C=C(C(=O)O)C(=O)OC(CC(O)C2OCC(O)C2O)C(O)C2OCC(O)C2O)cc1. The van der Waals surface area contributed by atoms with E-state index in [9.17, 15) is 45.3 Å². The molecule has 0 aromatic heterocycles. The molecule has 2 fully saturated rings. The fourth-order valence-corrected chi connectivity index (χ4v) is 4.01. The van der Waals surface area contributed by atoms with Gasteiger partial charge in [0.1, 0.15) is 60.2 Å². The van der Waals surface area contributed by atoms with Crippen molar-refractivity contribution >= 4 is 18.0 Å². The number of rotatable bonds is 10. The Morgan fingerprint density at radius 2 is 1.56 bits per heavy atom. The molecule has 200 valence electrons. The summed E-state index contributed by atoms with van der Waals surface area (Å²) in [5.41, 5.74) is -0.469. The summed E-state index contributed by atoms with van der Waals surface area (Å²) >= 11 is 0. The first-order valence-electron chi connectivity index (χ1n) is 11.1. The maximum Gasteiger partial charge on any atom is 0.345 e. The molecule has 2 aliphatic heterocycles. The topological polar surface area (TPSA) is 213 Å². The number of esters is 1. The van der Waals surface area contributed by atoms with Crippen LogP contribution in [0.4, 0.5) is 0 Å². The minimum atomic E-state index is -1.81. The van der Waals surface area contributed by atoms with Gasteiger partial charge in [-0.05, 0) is 23.8 Å². The van der Waals surface area contributed by atoms with Gasteiger partial charge in [-0.25, -0.2) is 9.59 Å². The lowest BCUT2D eigenvalue weighted by Crippen LogP contribution is -2.49. The van der Waals surface area contributed by atoms with Gasteiger partial charge >= 0.3 is 11.9 Å². The quantitative estimate of drug-likeness (QED) is 0.0741. The van der Waals surface area contributed by atoms with Crippen molar-refractivity contribution in [2.45, 2.75) is 61.4 Å². The molecule has 2 heterocycles. The second kappa shape index (κ2) is 12.1. The third kappa shape index (κ3) is 6.38. The van der Waals surface area contributed by atoms with Crippen molar-refractivity contribution in [1.82, 2.24) is 0 Å². The van der Waals surface area contributed by atoms with Crippen LogP contribution >= 0.6 is 0 Å². The number of carboxylic acid groups (broad SMARTS) is 1. The zero-order chi connectivity index (χ0) is 26.6. The van der Waals surface area contributed by atoms with E-state index in [4.69, 9.17) is 18.9 Å². The molecule has 1 aromatic rings. The van der Waals surface area contributed by atoms with Gasteiger partial charge in [0, 0.05) is 6.42 Å². The molecule has 0 aliphatic carbocycles. The van der Waals surface area contributed by atoms with E-state index in [1.54, 1.807) is 12.1 Å². The Morgan fingerprint density at radius 1 is 1.00 bits per heavy atom. The molecule has 0 saturated carbocycles. The number of carbonyl (C=O) groups is 2. The highest BCUT2D eigenvalue weighted by molar-refractivity contribution is 6.17. The summed E-state index contributed by atoms with van der Waals surface area (Å²) in [6.07, 6.45) is -12.9. The number of methoxy groups -OCH3 is 1. The average molecular weight is 514 g/mol. The van der Waals surface area contributed by atoms with Crippen molar-refractivity contribution in [3.8, 4) is 5.75 Å². The van der Waals surface area contributed by atoms with E-state index in [0.717, 1.165) is 6.08 Å². The van der Waals surface area contributed by atoms with Crippen molar-refractivity contribution < 1.29 is 64.3 Å². The number of carboxylic acids is 1. The van der Waals surface area contributed by atoms with Gasteiger partial charge in [-0.15, -0.1) is 0 Å². The number of aliphatic carboxylic acids is 1. The summed E-state index contributed by atoms with van der Waals surface area (Å²) in [7, 11) is 1.45. The third-order valence-corrected chi connectivity index (χ3v) is 6.09. The van der Waals surface area contributed by atoms with Crippen molar-refractivity contribution in [2.75, 3.05) is 20.3 Å². The van der Waals surface area contributed by atoms with E-state index in [-0.39, 0.29) is 13.2 Å². The van der Waals surface area contributed by atoms with E-state index in [1.165, 1.54) is 19.2 Å². The molecule has 9 atom stereocenters. The van der Waals surface area contributed by atoms with Crippen molar-refractivity contribution in [3.05, 3.63) is 35.4 Å². The highest BCUT2D eigenvalue weighted by Gasteiger charge is 2.46. The van der Waals surface area contributed by atoms with Crippen LogP contribution in [0, 0.1) is 0 Å². The van der Waals surface area contributed by atoms with Gasteiger partial charge in [0.25, 0.3) is 0 Å². The highest BCUT2D eigenvalue weighted by atomic mass is 16.6. The molecule has 0 bridgehead atoms. The molecule has 0 radical (unpaired) electrons. The predicted octanol–water partition coefficient (Wildman–Crippen LogP) is -2.57. The van der Waals surface area contributed by atoms with E-state index in [2.05, 4.69) is 0 Å². The van der Waals surface area contributed by atoms with Crippen LogP contribution in [-0.2, 0) is 23.8 Å². The Balaban J connectivity index is 1.83. The van der Waals surface area contributed by atoms with Gasteiger partial charge in [0.2, 0.25) is 0 Å². The molecule has 7 N–H and O–H groups in total. The van der Waals surface area contributed by atoms with Gasteiger partial charge in [0.05, 0.1) is 26.4 Å². The van der Waals surface area contributed by atoms with Gasteiger partial charge in [-0.1, -0.05) is 12.1 Å². The zero-order valence-electron chi connectivity index (χ0n) is 19.3. The standard InChI is InChI=1S/C23H30O13/c1-33-11-4-2-10(3-5-11)6-12(22(30)31)23(32)36-16(19(29)21-18(28)15(26)9-35-21)7-13(24)20-17(27)14(25)8-34-20/h2-6,13-21,24-29H,7-9H2,1H3,(H,30,31). The smallest absolute Gasteiger partial charge is 0.345 e. The van der Waals surface area contributed by atoms with Crippen LogP contribution in [0.2, 0.25) is 0 Å². The maximum atomic E-state index is 12.8. The number of carbonyl (C=O) groups excluding carboxylic acids is 1. The minimum Gasteiger partial charge on any atom is -0.497 e. The molecule has 3 rings (SSSR count). The first kappa shape index (κ1) is 28.0. The van der Waals surface area contributed by atoms with E-state index in [0.29, 0.717) is 11.3 Å². The van der Waals surface area contributed by atoms with Crippen molar-refractivity contribution in [2.24, 2.45) is 0 Å². The Labute approximate surface area is 205 Å². The number of ether oxygens (including phenoxy) is 4. The fraction of sp³-hybridized carbons (Fsp3) is 0.565. The molecule has 36 heavy (non-hydrogen) atoms. The summed E-state index contributed by atoms with van der Waals surface area (Å²) in [5, 5.41) is 70.5. The normalized spacial score (nSPS) is 31.0. The van der Waals surface area contributed by atoms with Gasteiger partial charge < -0.3 is 54.7 Å². The van der Waals surface area contributed by atoms with Crippen LogP contribution < -0.4 is 4.74 Å². The van der Waals surface area contributed by atoms with Crippen LogP contribution in [0.25, 0.3) is 6.08 Å². The predicted molar refractivity (Wildman–Crippen MR) is 119 cm³/mol. The first-order valence-corrected chi connectivity index (χ1v) is 11.1. The Morgan fingerprint density at radius 3 is 2.03 bits per heavy atom. The molecule has 13 nitrogen and oxygen atoms in total. The number of benzene rings is 1. The summed E-state index contributed by atoms with van der Waals surface area (Å²) in [5.74, 6) is -2.49. The van der Waals surface area contributed by atoms with Crippen LogP contribution in [-0.4, -0.2) is 123 Å². The maximum absolute atomic E-state index is 12.8.